The van der Waals surface area contributed by atoms with E-state index in [-0.39, 0.29) is 17.3 Å². The molecule has 2 fully saturated rings. The largest absolute Gasteiger partial charge is 0.392 e. The predicted molar refractivity (Wildman–Crippen MR) is 66.4 cm³/mol. The van der Waals surface area contributed by atoms with Crippen molar-refractivity contribution in [3.8, 4) is 0 Å². The molecule has 2 heteroatoms. The second kappa shape index (κ2) is 3.03. The fraction of sp³-hybridized carbons (Fsp3) is 0.800. The number of hydrogen-bond acceptors (Lipinski definition) is 2. The highest BCUT2D eigenvalue weighted by molar-refractivity contribution is 6.00. The number of carbonyl (C=O) groups is 1. The maximum atomic E-state index is 11.9. The van der Waals surface area contributed by atoms with Crippen LogP contribution in [-0.4, -0.2) is 17.0 Å². The number of rotatable bonds is 0. The molecule has 0 saturated heterocycles. The van der Waals surface area contributed by atoms with E-state index < -0.39 is 0 Å². The normalized spacial score (nSPS) is 47.6. The summed E-state index contributed by atoms with van der Waals surface area (Å²) < 4.78 is 0. The first kappa shape index (κ1) is 11.5. The quantitative estimate of drug-likeness (QED) is 0.699. The van der Waals surface area contributed by atoms with Gasteiger partial charge in [0.1, 0.15) is 0 Å². The van der Waals surface area contributed by atoms with Gasteiger partial charge < -0.3 is 5.11 Å². The van der Waals surface area contributed by atoms with Crippen LogP contribution in [0.3, 0.4) is 0 Å². The molecular formula is C15H22O2. The lowest BCUT2D eigenvalue weighted by Crippen LogP contribution is -2.32. The van der Waals surface area contributed by atoms with Crippen molar-refractivity contribution in [2.45, 2.75) is 53.1 Å². The van der Waals surface area contributed by atoms with Crippen LogP contribution in [0.5, 0.6) is 0 Å². The van der Waals surface area contributed by atoms with Crippen LogP contribution >= 0.6 is 0 Å². The van der Waals surface area contributed by atoms with Gasteiger partial charge in [-0.3, -0.25) is 4.79 Å². The first-order chi connectivity index (χ1) is 7.76. The van der Waals surface area contributed by atoms with Crippen LogP contribution in [0.25, 0.3) is 0 Å². The third-order valence-electron chi connectivity index (χ3n) is 5.47. The van der Waals surface area contributed by atoms with Crippen molar-refractivity contribution in [1.82, 2.24) is 0 Å². The molecule has 17 heavy (non-hydrogen) atoms. The van der Waals surface area contributed by atoms with Gasteiger partial charge in [-0.15, -0.1) is 0 Å². The summed E-state index contributed by atoms with van der Waals surface area (Å²) in [4.78, 5) is 11.9. The maximum absolute atomic E-state index is 11.9. The van der Waals surface area contributed by atoms with Crippen molar-refractivity contribution in [2.24, 2.45) is 22.7 Å². The molecule has 3 aliphatic rings. The van der Waals surface area contributed by atoms with E-state index in [9.17, 15) is 9.90 Å². The summed E-state index contributed by atoms with van der Waals surface area (Å²) in [5, 5.41) is 10.6. The van der Waals surface area contributed by atoms with Crippen molar-refractivity contribution in [2.75, 3.05) is 0 Å². The number of fused-ring (bicyclic) bond motifs is 3. The number of Topliss-reactive ketones (excluding diaryl/α,β-unsaturated/α-hetero) is 1. The molecule has 1 N–H and O–H groups in total. The van der Waals surface area contributed by atoms with Gasteiger partial charge in [0.2, 0.25) is 0 Å². The number of allylic oxidation sites excluding steroid dienone is 1. The van der Waals surface area contributed by atoms with E-state index in [1.807, 2.05) is 6.92 Å². The van der Waals surface area contributed by atoms with Gasteiger partial charge in [-0.05, 0) is 42.6 Å². The zero-order valence-corrected chi connectivity index (χ0v) is 11.2. The van der Waals surface area contributed by atoms with Crippen LogP contribution in [0.1, 0.15) is 47.0 Å². The zero-order valence-electron chi connectivity index (χ0n) is 11.2. The number of aliphatic hydroxyl groups excluding tert-OH is 1. The molecule has 0 aromatic heterocycles. The van der Waals surface area contributed by atoms with Gasteiger partial charge >= 0.3 is 0 Å². The molecule has 3 rings (SSSR count). The molecule has 0 bridgehead atoms. The lowest BCUT2D eigenvalue weighted by atomic mass is 9.77. The van der Waals surface area contributed by atoms with Gasteiger partial charge in [-0.1, -0.05) is 26.3 Å². The van der Waals surface area contributed by atoms with E-state index in [4.69, 9.17) is 0 Å². The summed E-state index contributed by atoms with van der Waals surface area (Å²) in [5.74, 6) is 1.09. The Kier molecular flexibility index (Phi) is 2.04. The van der Waals surface area contributed by atoms with Crippen molar-refractivity contribution in [3.05, 3.63) is 11.1 Å². The van der Waals surface area contributed by atoms with E-state index in [0.29, 0.717) is 23.7 Å². The lowest BCUT2D eigenvalue weighted by Gasteiger charge is -2.30. The summed E-state index contributed by atoms with van der Waals surface area (Å²) in [5.41, 5.74) is 2.33. The zero-order chi connectivity index (χ0) is 12.6. The molecule has 0 unspecified atom stereocenters. The number of ketones is 1. The summed E-state index contributed by atoms with van der Waals surface area (Å²) in [7, 11) is 0. The fourth-order valence-corrected chi connectivity index (χ4v) is 4.84. The summed E-state index contributed by atoms with van der Waals surface area (Å²) in [6.07, 6.45) is 2.44. The van der Waals surface area contributed by atoms with Gasteiger partial charge in [-0.2, -0.15) is 0 Å². The second-order valence-electron chi connectivity index (χ2n) is 7.34. The topological polar surface area (TPSA) is 37.3 Å². The Morgan fingerprint density at radius 3 is 2.53 bits per heavy atom. The highest BCUT2D eigenvalue weighted by Crippen LogP contribution is 2.65. The van der Waals surface area contributed by atoms with Gasteiger partial charge in [0, 0.05) is 11.8 Å². The molecule has 0 radical (unpaired) electrons. The Balaban J connectivity index is 2.10. The third-order valence-corrected chi connectivity index (χ3v) is 5.47. The van der Waals surface area contributed by atoms with Gasteiger partial charge in [-0.25, -0.2) is 0 Å². The molecule has 3 aliphatic carbocycles. The number of carbonyl (C=O) groups excluding carboxylic acids is 1. The molecule has 0 spiro atoms. The van der Waals surface area contributed by atoms with Crippen molar-refractivity contribution >= 4 is 5.78 Å². The monoisotopic (exact) mass is 234 g/mol. The molecule has 94 valence electrons. The lowest BCUT2D eigenvalue weighted by molar-refractivity contribution is -0.117. The van der Waals surface area contributed by atoms with Gasteiger partial charge in [0.25, 0.3) is 0 Å². The van der Waals surface area contributed by atoms with Crippen LogP contribution in [0.4, 0.5) is 0 Å². The summed E-state index contributed by atoms with van der Waals surface area (Å²) >= 11 is 0. The van der Waals surface area contributed by atoms with Crippen molar-refractivity contribution in [3.63, 3.8) is 0 Å². The predicted octanol–water partition coefficient (Wildman–Crippen LogP) is 2.71. The molecule has 0 aromatic rings. The van der Waals surface area contributed by atoms with Crippen LogP contribution < -0.4 is 0 Å². The van der Waals surface area contributed by atoms with Crippen LogP contribution in [0.15, 0.2) is 11.1 Å². The Hall–Kier alpha value is -0.630. The molecule has 0 aromatic carbocycles. The number of hydrogen-bond donors (Lipinski definition) is 1. The highest BCUT2D eigenvalue weighted by atomic mass is 16.3. The molecule has 2 saturated carbocycles. The van der Waals surface area contributed by atoms with E-state index in [0.717, 1.165) is 18.4 Å². The Bertz CT molecular complexity index is 432. The van der Waals surface area contributed by atoms with E-state index in [1.54, 1.807) is 0 Å². The summed E-state index contributed by atoms with van der Waals surface area (Å²) in [6, 6.07) is 0. The minimum atomic E-state index is -0.314. The minimum absolute atomic E-state index is 0.243. The van der Waals surface area contributed by atoms with Crippen LogP contribution in [0.2, 0.25) is 0 Å². The molecule has 2 nitrogen and oxygen atoms in total. The maximum Gasteiger partial charge on any atom is 0.159 e. The van der Waals surface area contributed by atoms with Gasteiger partial charge in [0.05, 0.1) is 6.10 Å². The van der Waals surface area contributed by atoms with Crippen molar-refractivity contribution < 1.29 is 9.90 Å². The Labute approximate surface area is 103 Å². The smallest absolute Gasteiger partial charge is 0.159 e. The highest BCUT2D eigenvalue weighted by Gasteiger charge is 2.61. The Morgan fingerprint density at radius 2 is 1.88 bits per heavy atom. The van der Waals surface area contributed by atoms with E-state index >= 15 is 0 Å². The molecular weight excluding hydrogens is 212 g/mol. The van der Waals surface area contributed by atoms with E-state index in [2.05, 4.69) is 20.8 Å². The average Bonchev–Trinajstić information content (AvgIpc) is 2.68. The standard InChI is InChI=1S/C15H22O2/c1-8-11(16)7-15(4)12(8)9-5-14(2,3)6-10(9)13(15)17/h9-10,13,17H,5-7H2,1-4H3/t9-,10+,13+,15+/m1/s1. The molecule has 0 aliphatic heterocycles. The fourth-order valence-electron chi connectivity index (χ4n) is 4.84. The SMILES string of the molecule is CC1=C2[C@@H]3CC(C)(C)C[C@@H]3[C@H](O)[C@@]2(C)CC1=O. The molecule has 4 atom stereocenters. The van der Waals surface area contributed by atoms with Crippen LogP contribution in [0, 0.1) is 22.7 Å². The first-order valence-electron chi connectivity index (χ1n) is 6.69. The second-order valence-corrected chi connectivity index (χ2v) is 7.34. The third kappa shape index (κ3) is 1.28. The van der Waals surface area contributed by atoms with Gasteiger partial charge in [0.15, 0.2) is 5.78 Å². The molecule has 0 amide bonds. The first-order valence-corrected chi connectivity index (χ1v) is 6.69. The van der Waals surface area contributed by atoms with E-state index in [1.165, 1.54) is 5.57 Å². The Morgan fingerprint density at radius 1 is 1.24 bits per heavy atom. The van der Waals surface area contributed by atoms with Crippen molar-refractivity contribution in [1.29, 1.82) is 0 Å². The minimum Gasteiger partial charge on any atom is -0.392 e. The average molecular weight is 234 g/mol. The van der Waals surface area contributed by atoms with Crippen LogP contribution in [-0.2, 0) is 4.79 Å². The number of aliphatic hydroxyl groups is 1. The summed E-state index contributed by atoms with van der Waals surface area (Å²) in [6.45, 7) is 8.61. The molecule has 0 heterocycles.